The van der Waals surface area contributed by atoms with Crippen LogP contribution in [0, 0.1) is 47.3 Å². The van der Waals surface area contributed by atoms with Crippen LogP contribution in [0.15, 0.2) is 0 Å². The summed E-state index contributed by atoms with van der Waals surface area (Å²) in [6, 6.07) is 0. The van der Waals surface area contributed by atoms with E-state index >= 15 is 0 Å². The van der Waals surface area contributed by atoms with E-state index < -0.39 is 0 Å². The van der Waals surface area contributed by atoms with Gasteiger partial charge in [0.05, 0.1) is 6.10 Å². The first-order valence-corrected chi connectivity index (χ1v) is 9.35. The lowest BCUT2D eigenvalue weighted by Gasteiger charge is -2.57. The van der Waals surface area contributed by atoms with E-state index in [1.165, 1.54) is 38.5 Å². The Labute approximate surface area is 124 Å². The largest absolute Gasteiger partial charge is 0.393 e. The Morgan fingerprint density at radius 1 is 0.700 bits per heavy atom. The highest BCUT2D eigenvalue weighted by atomic mass is 16.3. The number of hydrogen-bond donors (Lipinski definition) is 1. The van der Waals surface area contributed by atoms with E-state index in [2.05, 4.69) is 13.8 Å². The first-order chi connectivity index (χ1) is 9.66. The van der Waals surface area contributed by atoms with E-state index in [1.54, 1.807) is 0 Å². The summed E-state index contributed by atoms with van der Waals surface area (Å²) in [4.78, 5) is 0. The molecule has 1 nitrogen and oxygen atoms in total. The lowest BCUT2D eigenvalue weighted by Crippen LogP contribution is -2.52. The molecule has 0 aromatic rings. The van der Waals surface area contributed by atoms with Gasteiger partial charge in [-0.15, -0.1) is 0 Å². The summed E-state index contributed by atoms with van der Waals surface area (Å²) >= 11 is 0. The van der Waals surface area contributed by atoms with Gasteiger partial charge in [-0.25, -0.2) is 0 Å². The summed E-state index contributed by atoms with van der Waals surface area (Å²) in [6.07, 6.45) is 11.1. The van der Waals surface area contributed by atoms with Crippen LogP contribution >= 0.6 is 0 Å². The minimum absolute atomic E-state index is 0.00488. The molecule has 4 aliphatic carbocycles. The van der Waals surface area contributed by atoms with E-state index in [9.17, 15) is 5.11 Å². The third kappa shape index (κ3) is 1.91. The maximum atomic E-state index is 10.1. The predicted molar refractivity (Wildman–Crippen MR) is 82.2 cm³/mol. The smallest absolute Gasteiger partial charge is 0.0543 e. The molecule has 0 heterocycles. The topological polar surface area (TPSA) is 20.2 Å². The van der Waals surface area contributed by atoms with E-state index in [-0.39, 0.29) is 6.10 Å². The zero-order valence-electron chi connectivity index (χ0n) is 13.3. The van der Waals surface area contributed by atoms with E-state index in [0.717, 1.165) is 60.2 Å². The molecule has 8 unspecified atom stereocenters. The monoisotopic (exact) mass is 276 g/mol. The van der Waals surface area contributed by atoms with Gasteiger partial charge in [-0.1, -0.05) is 26.7 Å². The van der Waals surface area contributed by atoms with Gasteiger partial charge in [0, 0.05) is 0 Å². The van der Waals surface area contributed by atoms with Crippen molar-refractivity contribution >= 4 is 0 Å². The van der Waals surface area contributed by atoms with Gasteiger partial charge in [0.15, 0.2) is 0 Å². The maximum absolute atomic E-state index is 10.1. The van der Waals surface area contributed by atoms with E-state index in [4.69, 9.17) is 0 Å². The van der Waals surface area contributed by atoms with Crippen molar-refractivity contribution in [3.05, 3.63) is 0 Å². The van der Waals surface area contributed by atoms with Crippen LogP contribution < -0.4 is 0 Å². The first-order valence-electron chi connectivity index (χ1n) is 9.35. The van der Waals surface area contributed by atoms with Gasteiger partial charge >= 0.3 is 0 Å². The molecule has 1 N–H and O–H groups in total. The Balaban J connectivity index is 1.63. The van der Waals surface area contributed by atoms with Crippen molar-refractivity contribution in [1.82, 2.24) is 0 Å². The molecule has 20 heavy (non-hydrogen) atoms. The van der Waals surface area contributed by atoms with Crippen LogP contribution in [-0.4, -0.2) is 11.2 Å². The highest BCUT2D eigenvalue weighted by molar-refractivity contribution is 5.03. The zero-order valence-corrected chi connectivity index (χ0v) is 13.3. The normalized spacial score (nSPS) is 58.6. The van der Waals surface area contributed by atoms with Crippen molar-refractivity contribution < 1.29 is 5.11 Å². The number of rotatable bonds is 0. The van der Waals surface area contributed by atoms with Crippen LogP contribution in [0.3, 0.4) is 0 Å². The Morgan fingerprint density at radius 3 is 2.35 bits per heavy atom. The summed E-state index contributed by atoms with van der Waals surface area (Å²) in [5, 5.41) is 10.1. The second kappa shape index (κ2) is 5.00. The summed E-state index contributed by atoms with van der Waals surface area (Å²) < 4.78 is 0. The number of hydrogen-bond acceptors (Lipinski definition) is 1. The molecule has 0 aromatic carbocycles. The Hall–Kier alpha value is -0.0400. The van der Waals surface area contributed by atoms with E-state index in [0.29, 0.717) is 0 Å². The van der Waals surface area contributed by atoms with Crippen molar-refractivity contribution in [2.24, 2.45) is 47.3 Å². The minimum Gasteiger partial charge on any atom is -0.393 e. The molecule has 0 aliphatic heterocycles. The fourth-order valence-corrected chi connectivity index (χ4v) is 7.21. The molecular formula is C19H32O. The van der Waals surface area contributed by atoms with Crippen LogP contribution in [0.4, 0.5) is 0 Å². The molecule has 4 rings (SSSR count). The van der Waals surface area contributed by atoms with E-state index in [1.807, 2.05) is 0 Å². The van der Waals surface area contributed by atoms with Crippen LogP contribution in [0.25, 0.3) is 0 Å². The Morgan fingerprint density at radius 2 is 1.50 bits per heavy atom. The quantitative estimate of drug-likeness (QED) is 0.691. The molecule has 1 heteroatoms. The summed E-state index contributed by atoms with van der Waals surface area (Å²) in [5.41, 5.74) is 0. The molecule has 0 aromatic heterocycles. The highest BCUT2D eigenvalue weighted by Crippen LogP contribution is 2.61. The van der Waals surface area contributed by atoms with Gasteiger partial charge < -0.3 is 5.11 Å². The molecule has 0 saturated heterocycles. The van der Waals surface area contributed by atoms with Crippen LogP contribution in [0.5, 0.6) is 0 Å². The van der Waals surface area contributed by atoms with Crippen molar-refractivity contribution in [2.45, 2.75) is 71.3 Å². The van der Waals surface area contributed by atoms with Crippen LogP contribution in [0.1, 0.15) is 65.2 Å². The lowest BCUT2D eigenvalue weighted by atomic mass is 9.48. The number of aliphatic hydroxyl groups excluding tert-OH is 1. The molecule has 0 radical (unpaired) electrons. The zero-order chi connectivity index (χ0) is 13.9. The molecule has 4 aliphatic rings. The Bertz CT molecular complexity index is 365. The number of aliphatic hydroxyl groups is 1. The summed E-state index contributed by atoms with van der Waals surface area (Å²) in [5.74, 6) is 7.72. The van der Waals surface area contributed by atoms with Crippen molar-refractivity contribution in [1.29, 1.82) is 0 Å². The third-order valence-corrected chi connectivity index (χ3v) is 8.17. The second-order valence-electron chi connectivity index (χ2n) is 8.69. The fourth-order valence-electron chi connectivity index (χ4n) is 7.21. The third-order valence-electron chi connectivity index (χ3n) is 8.17. The average molecular weight is 276 g/mol. The van der Waals surface area contributed by atoms with Crippen LogP contribution in [0.2, 0.25) is 0 Å². The first kappa shape index (κ1) is 13.6. The molecular weight excluding hydrogens is 244 g/mol. The number of fused-ring (bicyclic) bond motifs is 5. The molecule has 9 atom stereocenters. The molecule has 0 bridgehead atoms. The van der Waals surface area contributed by atoms with Gasteiger partial charge in [-0.3, -0.25) is 0 Å². The fraction of sp³-hybridized carbons (Fsp3) is 1.00. The standard InChI is InChI=1S/C19H32O/c1-11-12(2)19-15-5-3-4-13(15)6-8-17(19)16-9-7-14(20)10-18(11)16/h11-20H,3-10H2,1-2H3/t11?,12?,13?,14-,15?,16?,17?,18?,19?/m1/s1. The molecule has 114 valence electrons. The SMILES string of the molecule is CC1C(C)C2C3CCCC3CCC2C2CC[C@@H](O)CC12. The van der Waals surface area contributed by atoms with Gasteiger partial charge in [-0.2, -0.15) is 0 Å². The average Bonchev–Trinajstić information content (AvgIpc) is 2.92. The van der Waals surface area contributed by atoms with Gasteiger partial charge in [-0.05, 0) is 85.9 Å². The second-order valence-corrected chi connectivity index (χ2v) is 8.69. The Kier molecular flexibility index (Phi) is 3.41. The molecule has 0 amide bonds. The van der Waals surface area contributed by atoms with Crippen molar-refractivity contribution in [2.75, 3.05) is 0 Å². The van der Waals surface area contributed by atoms with Crippen molar-refractivity contribution in [3.8, 4) is 0 Å². The maximum Gasteiger partial charge on any atom is 0.0543 e. The van der Waals surface area contributed by atoms with Gasteiger partial charge in [0.25, 0.3) is 0 Å². The summed E-state index contributed by atoms with van der Waals surface area (Å²) in [7, 11) is 0. The molecule has 4 saturated carbocycles. The lowest BCUT2D eigenvalue weighted by molar-refractivity contribution is -0.103. The van der Waals surface area contributed by atoms with Crippen LogP contribution in [-0.2, 0) is 0 Å². The van der Waals surface area contributed by atoms with Gasteiger partial charge in [0.1, 0.15) is 0 Å². The summed E-state index contributed by atoms with van der Waals surface area (Å²) in [6.45, 7) is 5.06. The minimum atomic E-state index is 0.00488. The van der Waals surface area contributed by atoms with Crippen molar-refractivity contribution in [3.63, 3.8) is 0 Å². The molecule has 4 fully saturated rings. The predicted octanol–water partition coefficient (Wildman–Crippen LogP) is 4.49. The molecule has 0 spiro atoms. The van der Waals surface area contributed by atoms with Gasteiger partial charge in [0.2, 0.25) is 0 Å². The highest BCUT2D eigenvalue weighted by Gasteiger charge is 2.54.